The van der Waals surface area contributed by atoms with E-state index < -0.39 is 0 Å². The highest BCUT2D eigenvalue weighted by Crippen LogP contribution is 2.14. The summed E-state index contributed by atoms with van der Waals surface area (Å²) in [5.74, 6) is -0.148. The molecule has 0 atom stereocenters. The van der Waals surface area contributed by atoms with Crippen molar-refractivity contribution in [1.82, 2.24) is 4.90 Å². The first kappa shape index (κ1) is 19.5. The van der Waals surface area contributed by atoms with Gasteiger partial charge in [0, 0.05) is 30.0 Å². The SMILES string of the molecule is CCCN(CCC)C(=O)c1cccc(NC(=O)CNc2ccccc2)c1. The lowest BCUT2D eigenvalue weighted by Crippen LogP contribution is -2.32. The van der Waals surface area contributed by atoms with Gasteiger partial charge in [0.15, 0.2) is 0 Å². The van der Waals surface area contributed by atoms with Gasteiger partial charge >= 0.3 is 0 Å². The van der Waals surface area contributed by atoms with Crippen LogP contribution in [-0.4, -0.2) is 36.3 Å². The molecule has 2 aromatic carbocycles. The highest BCUT2D eigenvalue weighted by Gasteiger charge is 2.14. The van der Waals surface area contributed by atoms with Gasteiger partial charge in [-0.15, -0.1) is 0 Å². The zero-order chi connectivity index (χ0) is 18.8. The minimum atomic E-state index is -0.155. The molecule has 2 aromatic rings. The molecule has 2 amide bonds. The van der Waals surface area contributed by atoms with Crippen LogP contribution in [0.3, 0.4) is 0 Å². The van der Waals surface area contributed by atoms with Gasteiger partial charge in [0.1, 0.15) is 0 Å². The molecule has 5 heteroatoms. The number of carbonyl (C=O) groups is 2. The molecule has 0 fully saturated rings. The molecule has 0 radical (unpaired) electrons. The topological polar surface area (TPSA) is 61.4 Å². The van der Waals surface area contributed by atoms with Crippen molar-refractivity contribution in [3.05, 3.63) is 60.2 Å². The molecule has 0 heterocycles. The molecule has 0 unspecified atom stereocenters. The quantitative estimate of drug-likeness (QED) is 0.716. The number of carbonyl (C=O) groups excluding carboxylic acids is 2. The third-order valence-electron chi connectivity index (χ3n) is 3.89. The average Bonchev–Trinajstić information content (AvgIpc) is 2.67. The number of anilines is 2. The van der Waals surface area contributed by atoms with Crippen molar-refractivity contribution in [1.29, 1.82) is 0 Å². The van der Waals surface area contributed by atoms with Crippen molar-refractivity contribution >= 4 is 23.2 Å². The number of hydrogen-bond acceptors (Lipinski definition) is 3. The van der Waals surface area contributed by atoms with Crippen LogP contribution in [0.15, 0.2) is 54.6 Å². The van der Waals surface area contributed by atoms with E-state index in [-0.39, 0.29) is 18.4 Å². The van der Waals surface area contributed by atoms with Crippen molar-refractivity contribution in [2.24, 2.45) is 0 Å². The summed E-state index contributed by atoms with van der Waals surface area (Å²) in [6, 6.07) is 16.7. The van der Waals surface area contributed by atoms with Gasteiger partial charge in [-0.2, -0.15) is 0 Å². The Bertz CT molecular complexity index is 710. The Balaban J connectivity index is 1.97. The summed E-state index contributed by atoms with van der Waals surface area (Å²) in [6.07, 6.45) is 1.85. The summed E-state index contributed by atoms with van der Waals surface area (Å²) >= 11 is 0. The van der Waals surface area contributed by atoms with Crippen molar-refractivity contribution in [3.8, 4) is 0 Å². The van der Waals surface area contributed by atoms with Gasteiger partial charge < -0.3 is 15.5 Å². The van der Waals surface area contributed by atoms with E-state index in [4.69, 9.17) is 0 Å². The minimum Gasteiger partial charge on any atom is -0.376 e. The average molecular weight is 353 g/mol. The number of nitrogens with zero attached hydrogens (tertiary/aromatic N) is 1. The molecule has 0 aliphatic heterocycles. The molecule has 0 bridgehead atoms. The molecule has 0 saturated heterocycles. The lowest BCUT2D eigenvalue weighted by Gasteiger charge is -2.21. The summed E-state index contributed by atoms with van der Waals surface area (Å²) in [5, 5.41) is 5.90. The lowest BCUT2D eigenvalue weighted by atomic mass is 10.1. The molecular formula is C21H27N3O2. The molecule has 0 aromatic heterocycles. The van der Waals surface area contributed by atoms with Crippen LogP contribution in [0.4, 0.5) is 11.4 Å². The van der Waals surface area contributed by atoms with Gasteiger partial charge in [-0.05, 0) is 43.2 Å². The van der Waals surface area contributed by atoms with E-state index in [1.807, 2.05) is 35.2 Å². The maximum Gasteiger partial charge on any atom is 0.253 e. The molecule has 2 N–H and O–H groups in total. The fraction of sp³-hybridized carbons (Fsp3) is 0.333. The first-order valence-corrected chi connectivity index (χ1v) is 9.12. The van der Waals surface area contributed by atoms with Crippen LogP contribution in [0.25, 0.3) is 0 Å². The van der Waals surface area contributed by atoms with E-state index in [1.165, 1.54) is 0 Å². The van der Waals surface area contributed by atoms with Crippen LogP contribution in [0.1, 0.15) is 37.0 Å². The van der Waals surface area contributed by atoms with Gasteiger partial charge in [0.05, 0.1) is 6.54 Å². The van der Waals surface area contributed by atoms with E-state index in [0.29, 0.717) is 11.3 Å². The van der Waals surface area contributed by atoms with E-state index >= 15 is 0 Å². The van der Waals surface area contributed by atoms with Crippen molar-refractivity contribution < 1.29 is 9.59 Å². The van der Waals surface area contributed by atoms with Crippen LogP contribution < -0.4 is 10.6 Å². The Morgan fingerprint density at radius 3 is 2.19 bits per heavy atom. The minimum absolute atomic E-state index is 0.00668. The maximum atomic E-state index is 12.7. The molecule has 0 aliphatic carbocycles. The van der Waals surface area contributed by atoms with Gasteiger partial charge in [-0.25, -0.2) is 0 Å². The smallest absolute Gasteiger partial charge is 0.253 e. The zero-order valence-corrected chi connectivity index (χ0v) is 15.5. The number of nitrogens with one attached hydrogen (secondary N) is 2. The number of para-hydroxylation sites is 1. The molecule has 26 heavy (non-hydrogen) atoms. The fourth-order valence-corrected chi connectivity index (χ4v) is 2.71. The van der Waals surface area contributed by atoms with Gasteiger partial charge in [-0.3, -0.25) is 9.59 Å². The number of amides is 2. The molecule has 5 nitrogen and oxygen atoms in total. The zero-order valence-electron chi connectivity index (χ0n) is 15.5. The van der Waals surface area contributed by atoms with Crippen LogP contribution in [0, 0.1) is 0 Å². The number of benzene rings is 2. The van der Waals surface area contributed by atoms with Gasteiger partial charge in [0.2, 0.25) is 5.91 Å². The highest BCUT2D eigenvalue weighted by molar-refractivity contribution is 5.98. The Labute approximate surface area is 155 Å². The number of rotatable bonds is 9. The van der Waals surface area contributed by atoms with E-state index in [0.717, 1.165) is 31.6 Å². The molecule has 138 valence electrons. The summed E-state index contributed by atoms with van der Waals surface area (Å²) in [6.45, 7) is 5.77. The predicted octanol–water partition coefficient (Wildman–Crippen LogP) is 4.00. The summed E-state index contributed by atoms with van der Waals surface area (Å²) < 4.78 is 0. The van der Waals surface area contributed by atoms with Crippen molar-refractivity contribution in [3.63, 3.8) is 0 Å². The summed E-state index contributed by atoms with van der Waals surface area (Å²) in [5.41, 5.74) is 2.12. The first-order chi connectivity index (χ1) is 12.6. The normalized spacial score (nSPS) is 10.2. The summed E-state index contributed by atoms with van der Waals surface area (Å²) in [4.78, 5) is 26.7. The predicted molar refractivity (Wildman–Crippen MR) is 106 cm³/mol. The van der Waals surface area contributed by atoms with E-state index in [1.54, 1.807) is 24.3 Å². The van der Waals surface area contributed by atoms with Crippen molar-refractivity contribution in [2.75, 3.05) is 30.3 Å². The van der Waals surface area contributed by atoms with Crippen LogP contribution in [0.5, 0.6) is 0 Å². The standard InChI is InChI=1S/C21H27N3O2/c1-3-13-24(14-4-2)21(26)17-9-8-12-19(15-17)23-20(25)16-22-18-10-6-5-7-11-18/h5-12,15,22H,3-4,13-14,16H2,1-2H3,(H,23,25). The second-order valence-electron chi connectivity index (χ2n) is 6.14. The summed E-state index contributed by atoms with van der Waals surface area (Å²) in [7, 11) is 0. The molecule has 0 aliphatic rings. The Kier molecular flexibility index (Phi) is 7.68. The lowest BCUT2D eigenvalue weighted by molar-refractivity contribution is -0.114. The first-order valence-electron chi connectivity index (χ1n) is 9.12. The van der Waals surface area contributed by atoms with Gasteiger partial charge in [-0.1, -0.05) is 38.1 Å². The third-order valence-corrected chi connectivity index (χ3v) is 3.89. The largest absolute Gasteiger partial charge is 0.376 e. The van der Waals surface area contributed by atoms with E-state index in [2.05, 4.69) is 24.5 Å². The van der Waals surface area contributed by atoms with Crippen molar-refractivity contribution in [2.45, 2.75) is 26.7 Å². The molecule has 0 saturated carbocycles. The highest BCUT2D eigenvalue weighted by atomic mass is 16.2. The van der Waals surface area contributed by atoms with E-state index in [9.17, 15) is 9.59 Å². The molecule has 2 rings (SSSR count). The Hall–Kier alpha value is -2.82. The fourth-order valence-electron chi connectivity index (χ4n) is 2.71. The second kappa shape index (κ2) is 10.2. The van der Waals surface area contributed by atoms with Crippen LogP contribution in [0.2, 0.25) is 0 Å². The second-order valence-corrected chi connectivity index (χ2v) is 6.14. The van der Waals surface area contributed by atoms with Gasteiger partial charge in [0.25, 0.3) is 5.91 Å². The van der Waals surface area contributed by atoms with Crippen LogP contribution in [-0.2, 0) is 4.79 Å². The Morgan fingerprint density at radius 1 is 0.885 bits per heavy atom. The molecule has 0 spiro atoms. The monoisotopic (exact) mass is 353 g/mol. The maximum absolute atomic E-state index is 12.7. The third kappa shape index (κ3) is 5.92. The molecular weight excluding hydrogens is 326 g/mol. The van der Waals surface area contributed by atoms with Crippen LogP contribution >= 0.6 is 0 Å². The Morgan fingerprint density at radius 2 is 1.54 bits per heavy atom. The number of hydrogen-bond donors (Lipinski definition) is 2.